The predicted molar refractivity (Wildman–Crippen MR) is 43.1 cm³/mol. The standard InChI is InChI=1S/C6H8N2O2S/c7-4-1-5(8)3-6(2-4)11(9)10/h1-2H,3,7-8H2. The van der Waals surface area contributed by atoms with Crippen LogP contribution in [-0.2, 0) is 10.3 Å². The van der Waals surface area contributed by atoms with E-state index >= 15 is 0 Å². The highest BCUT2D eigenvalue weighted by Crippen LogP contribution is 2.06. The fourth-order valence-electron chi connectivity index (χ4n) is 0.852. The van der Waals surface area contributed by atoms with E-state index in [0.29, 0.717) is 11.4 Å². The number of allylic oxidation sites excluding steroid dienone is 3. The van der Waals surface area contributed by atoms with Crippen molar-refractivity contribution in [3.05, 3.63) is 23.5 Å². The zero-order valence-electron chi connectivity index (χ0n) is 5.74. The molecule has 0 bridgehead atoms. The molecule has 0 amide bonds. The average Bonchev–Trinajstić information content (AvgIpc) is 1.85. The third-order valence-corrected chi connectivity index (χ3v) is 1.96. The van der Waals surface area contributed by atoms with Gasteiger partial charge in [0.2, 0.25) is 10.3 Å². The molecule has 0 saturated carbocycles. The lowest BCUT2D eigenvalue weighted by atomic mass is 10.1. The summed E-state index contributed by atoms with van der Waals surface area (Å²) in [6, 6.07) is 0. The maximum Gasteiger partial charge on any atom is 0.217 e. The Bertz CT molecular complexity index is 354. The molecule has 1 aliphatic rings. The summed E-state index contributed by atoms with van der Waals surface area (Å²) in [6.07, 6.45) is 3.21. The average molecular weight is 172 g/mol. The van der Waals surface area contributed by atoms with Gasteiger partial charge >= 0.3 is 0 Å². The molecule has 0 fully saturated rings. The molecule has 1 rings (SSSR count). The fraction of sp³-hybridized carbons (Fsp3) is 0.167. The van der Waals surface area contributed by atoms with Crippen LogP contribution >= 0.6 is 0 Å². The van der Waals surface area contributed by atoms with Crippen LogP contribution in [0.5, 0.6) is 0 Å². The van der Waals surface area contributed by atoms with Crippen LogP contribution in [-0.4, -0.2) is 13.3 Å². The number of hydrogen-bond acceptors (Lipinski definition) is 4. The third kappa shape index (κ3) is 1.84. The van der Waals surface area contributed by atoms with Crippen LogP contribution in [0.25, 0.3) is 0 Å². The van der Waals surface area contributed by atoms with Crippen molar-refractivity contribution in [2.24, 2.45) is 11.5 Å². The molecule has 4 N–H and O–H groups in total. The summed E-state index contributed by atoms with van der Waals surface area (Å²) in [5.41, 5.74) is 11.6. The molecule has 0 aliphatic heterocycles. The van der Waals surface area contributed by atoms with Gasteiger partial charge < -0.3 is 11.5 Å². The Kier molecular flexibility index (Phi) is 2.00. The predicted octanol–water partition coefficient (Wildman–Crippen LogP) is -0.873. The van der Waals surface area contributed by atoms with Crippen LogP contribution in [0.3, 0.4) is 0 Å². The zero-order chi connectivity index (χ0) is 8.43. The summed E-state index contributed by atoms with van der Waals surface area (Å²) >= 11 is 0. The monoisotopic (exact) mass is 172 g/mol. The molecule has 0 spiro atoms. The first-order valence-electron chi connectivity index (χ1n) is 2.98. The topological polar surface area (TPSA) is 86.2 Å². The van der Waals surface area contributed by atoms with E-state index in [1.165, 1.54) is 6.08 Å². The maximum atomic E-state index is 10.4. The van der Waals surface area contributed by atoms with Crippen molar-refractivity contribution >= 4 is 15.2 Å². The van der Waals surface area contributed by atoms with Gasteiger partial charge in [-0.25, -0.2) is 0 Å². The molecule has 1 aliphatic carbocycles. The van der Waals surface area contributed by atoms with Gasteiger partial charge in [-0.15, -0.1) is 0 Å². The number of nitrogens with two attached hydrogens (primary N) is 2. The molecule has 0 atom stereocenters. The van der Waals surface area contributed by atoms with E-state index < -0.39 is 10.3 Å². The lowest BCUT2D eigenvalue weighted by Crippen LogP contribution is -2.13. The summed E-state index contributed by atoms with van der Waals surface area (Å²) in [7, 11) is -2.20. The van der Waals surface area contributed by atoms with E-state index in [1.807, 2.05) is 0 Å². The van der Waals surface area contributed by atoms with Crippen molar-refractivity contribution in [3.8, 4) is 0 Å². The Morgan fingerprint density at radius 2 is 1.91 bits per heavy atom. The van der Waals surface area contributed by atoms with E-state index in [2.05, 4.69) is 0 Å². The van der Waals surface area contributed by atoms with Gasteiger partial charge in [0.15, 0.2) is 0 Å². The summed E-state index contributed by atoms with van der Waals surface area (Å²) in [5.74, 6) is 0. The molecular formula is C6H8N2O2S. The Morgan fingerprint density at radius 3 is 2.36 bits per heavy atom. The van der Waals surface area contributed by atoms with E-state index in [0.717, 1.165) is 0 Å². The summed E-state index contributed by atoms with van der Waals surface area (Å²) in [6.45, 7) is 0. The molecule has 0 unspecified atom stereocenters. The zero-order valence-corrected chi connectivity index (χ0v) is 6.56. The fourth-order valence-corrected chi connectivity index (χ4v) is 1.37. The van der Waals surface area contributed by atoms with E-state index in [1.54, 1.807) is 6.08 Å². The third-order valence-electron chi connectivity index (χ3n) is 1.27. The van der Waals surface area contributed by atoms with E-state index in [-0.39, 0.29) is 11.3 Å². The van der Waals surface area contributed by atoms with Crippen LogP contribution in [0.4, 0.5) is 0 Å². The largest absolute Gasteiger partial charge is 0.402 e. The molecule has 0 saturated heterocycles. The SMILES string of the molecule is NC1=CC(=S(=O)=O)CC(N)=C1. The second-order valence-corrected chi connectivity index (χ2v) is 3.24. The molecule has 11 heavy (non-hydrogen) atoms. The minimum Gasteiger partial charge on any atom is -0.402 e. The second kappa shape index (κ2) is 2.79. The van der Waals surface area contributed by atoms with Crippen molar-refractivity contribution in [3.63, 3.8) is 0 Å². The van der Waals surface area contributed by atoms with Gasteiger partial charge in [-0.3, -0.25) is 0 Å². The summed E-state index contributed by atoms with van der Waals surface area (Å²) < 4.78 is 20.9. The van der Waals surface area contributed by atoms with Gasteiger partial charge in [0.1, 0.15) is 0 Å². The first-order valence-corrected chi connectivity index (χ1v) is 4.05. The van der Waals surface area contributed by atoms with Crippen LogP contribution in [0.15, 0.2) is 23.5 Å². The highest BCUT2D eigenvalue weighted by Gasteiger charge is 2.06. The van der Waals surface area contributed by atoms with Crippen molar-refractivity contribution in [1.82, 2.24) is 0 Å². The maximum absolute atomic E-state index is 10.4. The van der Waals surface area contributed by atoms with Gasteiger partial charge in [-0.1, -0.05) is 0 Å². The van der Waals surface area contributed by atoms with Crippen molar-refractivity contribution in [2.45, 2.75) is 6.42 Å². The summed E-state index contributed by atoms with van der Waals surface area (Å²) in [5, 5.41) is 0. The van der Waals surface area contributed by atoms with E-state index in [9.17, 15) is 8.42 Å². The molecule has 5 heteroatoms. The summed E-state index contributed by atoms with van der Waals surface area (Å²) in [4.78, 5) is 0.238. The van der Waals surface area contributed by atoms with Gasteiger partial charge in [-0.05, 0) is 12.2 Å². The molecule has 60 valence electrons. The smallest absolute Gasteiger partial charge is 0.217 e. The number of hydrogen-bond donors (Lipinski definition) is 2. The normalized spacial score (nSPS) is 17.3. The lowest BCUT2D eigenvalue weighted by molar-refractivity contribution is 0.627. The molecule has 0 radical (unpaired) electrons. The molecule has 0 heterocycles. The van der Waals surface area contributed by atoms with Crippen LogP contribution in [0.2, 0.25) is 0 Å². The Morgan fingerprint density at radius 1 is 1.27 bits per heavy atom. The van der Waals surface area contributed by atoms with Gasteiger partial charge in [-0.2, -0.15) is 8.42 Å². The minimum atomic E-state index is -2.20. The van der Waals surface area contributed by atoms with Crippen molar-refractivity contribution in [1.29, 1.82) is 0 Å². The first kappa shape index (κ1) is 7.87. The quantitative estimate of drug-likeness (QED) is 0.465. The van der Waals surface area contributed by atoms with Crippen LogP contribution < -0.4 is 11.5 Å². The van der Waals surface area contributed by atoms with Gasteiger partial charge in [0.05, 0.1) is 4.86 Å². The molecule has 0 aromatic heterocycles. The van der Waals surface area contributed by atoms with Gasteiger partial charge in [0, 0.05) is 17.8 Å². The molecule has 4 nitrogen and oxygen atoms in total. The minimum absolute atomic E-state index is 0.238. The first-order chi connectivity index (χ1) is 5.09. The highest BCUT2D eigenvalue weighted by atomic mass is 32.2. The van der Waals surface area contributed by atoms with Crippen LogP contribution in [0, 0.1) is 0 Å². The molecule has 0 aromatic carbocycles. The second-order valence-electron chi connectivity index (χ2n) is 2.24. The Hall–Kier alpha value is -1.23. The van der Waals surface area contributed by atoms with Crippen molar-refractivity contribution in [2.75, 3.05) is 0 Å². The molecule has 0 aromatic rings. The number of rotatable bonds is 0. The van der Waals surface area contributed by atoms with Crippen LogP contribution in [0.1, 0.15) is 6.42 Å². The van der Waals surface area contributed by atoms with Gasteiger partial charge in [0.25, 0.3) is 0 Å². The van der Waals surface area contributed by atoms with Crippen molar-refractivity contribution < 1.29 is 8.42 Å². The Labute approximate surface area is 65.7 Å². The lowest BCUT2D eigenvalue weighted by Gasteiger charge is -2.05. The highest BCUT2D eigenvalue weighted by molar-refractivity contribution is 7.73. The molecular weight excluding hydrogens is 164 g/mol. The van der Waals surface area contributed by atoms with E-state index in [4.69, 9.17) is 11.5 Å². The Balaban J connectivity index is 3.17.